The van der Waals surface area contributed by atoms with E-state index in [-0.39, 0.29) is 19.3 Å². The van der Waals surface area contributed by atoms with Gasteiger partial charge in [0.05, 0.1) is 25.0 Å². The second-order valence-electron chi connectivity index (χ2n) is 7.27. The van der Waals surface area contributed by atoms with Crippen LogP contribution in [0.3, 0.4) is 0 Å². The van der Waals surface area contributed by atoms with Crippen molar-refractivity contribution >= 4 is 17.3 Å². The number of rotatable bonds is 4. The molecule has 1 aliphatic rings. The van der Waals surface area contributed by atoms with Gasteiger partial charge in [-0.15, -0.1) is 0 Å². The third kappa shape index (κ3) is 3.59. The maximum absolute atomic E-state index is 9.80. The van der Waals surface area contributed by atoms with Crippen molar-refractivity contribution in [1.82, 2.24) is 15.2 Å². The third-order valence-electron chi connectivity index (χ3n) is 5.15. The summed E-state index contributed by atoms with van der Waals surface area (Å²) in [5, 5.41) is 33.4. The molecule has 0 saturated heterocycles. The molecule has 2 heterocycles. The fraction of sp³-hybridized carbons (Fsp3) is 0.286. The summed E-state index contributed by atoms with van der Waals surface area (Å²) < 4.78 is 0. The van der Waals surface area contributed by atoms with E-state index in [4.69, 9.17) is 10.8 Å². The highest BCUT2D eigenvalue weighted by Gasteiger charge is 2.27. The Balaban J connectivity index is 1.93. The summed E-state index contributed by atoms with van der Waals surface area (Å²) in [5.41, 5.74) is 11.6. The number of hydrazone groups is 1. The van der Waals surface area contributed by atoms with E-state index < -0.39 is 0 Å². The van der Waals surface area contributed by atoms with Gasteiger partial charge in [-0.1, -0.05) is 18.2 Å². The van der Waals surface area contributed by atoms with Crippen molar-refractivity contribution in [3.63, 3.8) is 0 Å². The van der Waals surface area contributed by atoms with Crippen molar-refractivity contribution in [3.8, 4) is 0 Å². The summed E-state index contributed by atoms with van der Waals surface area (Å²) in [6.45, 7) is 3.61. The van der Waals surface area contributed by atoms with Crippen LogP contribution in [0.4, 0.5) is 11.6 Å². The standard InChI is InChI=1S/C21H24N6O2/c1-12-7-15-8-16(10-28)17(11-29)9-19(15)20(14-3-5-18(22)6-4-14)26-27(12)21-23-13(2)24-25-21/h3-6,8-9,12,28-29H,7,10-11,22H2,1-2H3,(H,23,24,25). The van der Waals surface area contributed by atoms with Crippen LogP contribution in [0.15, 0.2) is 41.5 Å². The molecule has 0 bridgehead atoms. The average Bonchev–Trinajstić information content (AvgIpc) is 3.09. The highest BCUT2D eigenvalue weighted by Crippen LogP contribution is 2.29. The molecule has 1 atom stereocenters. The SMILES string of the molecule is Cc1n[nH]c(N2N=C(c3ccc(N)cc3)c3cc(CO)c(CO)cc3CC2C)n1. The zero-order valence-corrected chi connectivity index (χ0v) is 16.4. The number of nitrogens with one attached hydrogen (secondary N) is 1. The number of fused-ring (bicyclic) bond motifs is 1. The zero-order chi connectivity index (χ0) is 20.5. The van der Waals surface area contributed by atoms with Crippen LogP contribution in [-0.4, -0.2) is 37.1 Å². The number of hydrogen-bond acceptors (Lipinski definition) is 7. The van der Waals surface area contributed by atoms with Crippen molar-refractivity contribution in [2.45, 2.75) is 39.5 Å². The normalized spacial score (nSPS) is 16.3. The van der Waals surface area contributed by atoms with E-state index in [0.717, 1.165) is 28.0 Å². The number of H-pyrrole nitrogens is 1. The fourth-order valence-corrected chi connectivity index (χ4v) is 3.64. The Hall–Kier alpha value is -3.23. The van der Waals surface area contributed by atoms with Crippen LogP contribution in [0.25, 0.3) is 0 Å². The molecule has 1 unspecified atom stereocenters. The molecule has 1 aliphatic heterocycles. The molecule has 150 valence electrons. The Morgan fingerprint density at radius 2 is 1.83 bits per heavy atom. The first kappa shape index (κ1) is 19.1. The lowest BCUT2D eigenvalue weighted by atomic mass is 9.90. The van der Waals surface area contributed by atoms with Gasteiger partial charge >= 0.3 is 0 Å². The number of anilines is 2. The summed E-state index contributed by atoms with van der Waals surface area (Å²) >= 11 is 0. The van der Waals surface area contributed by atoms with E-state index in [1.807, 2.05) is 48.3 Å². The molecule has 29 heavy (non-hydrogen) atoms. The van der Waals surface area contributed by atoms with E-state index >= 15 is 0 Å². The molecule has 0 aliphatic carbocycles. The quantitative estimate of drug-likeness (QED) is 0.503. The molecule has 0 fully saturated rings. The van der Waals surface area contributed by atoms with Gasteiger partial charge in [-0.25, -0.2) is 10.1 Å². The van der Waals surface area contributed by atoms with Gasteiger partial charge in [0.25, 0.3) is 0 Å². The van der Waals surface area contributed by atoms with E-state index in [1.165, 1.54) is 0 Å². The minimum Gasteiger partial charge on any atom is -0.399 e. The smallest absolute Gasteiger partial charge is 0.242 e. The van der Waals surface area contributed by atoms with E-state index in [2.05, 4.69) is 22.1 Å². The Morgan fingerprint density at radius 1 is 1.14 bits per heavy atom. The lowest BCUT2D eigenvalue weighted by Gasteiger charge is -2.22. The van der Waals surface area contributed by atoms with Gasteiger partial charge in [-0.2, -0.15) is 15.2 Å². The van der Waals surface area contributed by atoms with Gasteiger partial charge < -0.3 is 15.9 Å². The third-order valence-corrected chi connectivity index (χ3v) is 5.15. The van der Waals surface area contributed by atoms with Gasteiger partial charge in [-0.3, -0.25) is 0 Å². The highest BCUT2D eigenvalue weighted by atomic mass is 16.3. The van der Waals surface area contributed by atoms with Crippen molar-refractivity contribution in [3.05, 3.63) is 70.0 Å². The van der Waals surface area contributed by atoms with Crippen LogP contribution in [0.2, 0.25) is 0 Å². The second-order valence-corrected chi connectivity index (χ2v) is 7.27. The minimum absolute atomic E-state index is 0.00102. The lowest BCUT2D eigenvalue weighted by molar-refractivity contribution is 0.260. The number of aryl methyl sites for hydroxylation is 1. The lowest BCUT2D eigenvalue weighted by Crippen LogP contribution is -2.30. The molecule has 8 nitrogen and oxygen atoms in total. The molecule has 0 saturated carbocycles. The Labute approximate surface area is 168 Å². The molecular formula is C21H24N6O2. The van der Waals surface area contributed by atoms with Crippen LogP contribution < -0.4 is 10.7 Å². The monoisotopic (exact) mass is 392 g/mol. The Bertz CT molecular complexity index is 1060. The maximum atomic E-state index is 9.80. The van der Waals surface area contributed by atoms with Crippen LogP contribution in [0.5, 0.6) is 0 Å². The predicted octanol–water partition coefficient (Wildman–Crippen LogP) is 1.88. The van der Waals surface area contributed by atoms with E-state index in [9.17, 15) is 10.2 Å². The van der Waals surface area contributed by atoms with Crippen molar-refractivity contribution in [2.24, 2.45) is 5.10 Å². The number of nitrogens with zero attached hydrogens (tertiary/aromatic N) is 4. The fourth-order valence-electron chi connectivity index (χ4n) is 3.64. The number of nitrogen functional groups attached to an aromatic ring is 1. The number of benzene rings is 2. The maximum Gasteiger partial charge on any atom is 0.242 e. The van der Waals surface area contributed by atoms with Gasteiger partial charge in [0, 0.05) is 16.8 Å². The number of nitrogens with two attached hydrogens (primary N) is 1. The predicted molar refractivity (Wildman–Crippen MR) is 112 cm³/mol. The van der Waals surface area contributed by atoms with E-state index in [0.29, 0.717) is 29.4 Å². The molecule has 0 amide bonds. The number of hydrogen-bond donors (Lipinski definition) is 4. The van der Waals surface area contributed by atoms with Crippen molar-refractivity contribution < 1.29 is 10.2 Å². The molecular weight excluding hydrogens is 368 g/mol. The van der Waals surface area contributed by atoms with Crippen molar-refractivity contribution in [2.75, 3.05) is 10.7 Å². The number of aliphatic hydroxyl groups is 2. The summed E-state index contributed by atoms with van der Waals surface area (Å²) in [7, 11) is 0. The largest absolute Gasteiger partial charge is 0.399 e. The zero-order valence-electron chi connectivity index (χ0n) is 16.4. The molecule has 3 aromatic rings. The molecule has 5 N–H and O–H groups in total. The van der Waals surface area contributed by atoms with Gasteiger partial charge in [-0.05, 0) is 55.2 Å². The topological polar surface area (TPSA) is 124 Å². The van der Waals surface area contributed by atoms with E-state index in [1.54, 1.807) is 0 Å². The summed E-state index contributed by atoms with van der Waals surface area (Å²) in [4.78, 5) is 4.45. The van der Waals surface area contributed by atoms with Crippen molar-refractivity contribution in [1.29, 1.82) is 0 Å². The van der Waals surface area contributed by atoms with Gasteiger partial charge in [0.15, 0.2) is 0 Å². The second kappa shape index (κ2) is 7.65. The number of aromatic amines is 1. The number of aromatic nitrogens is 3. The molecule has 1 aromatic heterocycles. The van der Waals surface area contributed by atoms with Crippen LogP contribution in [0.1, 0.15) is 40.6 Å². The number of aliphatic hydroxyl groups excluding tert-OH is 2. The first-order chi connectivity index (χ1) is 14.0. The highest BCUT2D eigenvalue weighted by molar-refractivity contribution is 6.14. The molecule has 0 radical (unpaired) electrons. The molecule has 2 aromatic carbocycles. The summed E-state index contributed by atoms with van der Waals surface area (Å²) in [5.74, 6) is 1.21. The molecule has 8 heteroatoms. The summed E-state index contributed by atoms with van der Waals surface area (Å²) in [6, 6.07) is 11.4. The first-order valence-electron chi connectivity index (χ1n) is 9.49. The molecule has 4 rings (SSSR count). The first-order valence-corrected chi connectivity index (χ1v) is 9.49. The Morgan fingerprint density at radius 3 is 2.45 bits per heavy atom. The van der Waals surface area contributed by atoms with Crippen LogP contribution >= 0.6 is 0 Å². The van der Waals surface area contributed by atoms with Gasteiger partial charge in [0.1, 0.15) is 5.82 Å². The molecule has 0 spiro atoms. The average molecular weight is 392 g/mol. The minimum atomic E-state index is -0.154. The van der Waals surface area contributed by atoms with Crippen LogP contribution in [0, 0.1) is 6.92 Å². The van der Waals surface area contributed by atoms with Crippen LogP contribution in [-0.2, 0) is 19.6 Å². The van der Waals surface area contributed by atoms with Gasteiger partial charge in [0.2, 0.25) is 5.95 Å². The Kier molecular flexibility index (Phi) is 5.04. The summed E-state index contributed by atoms with van der Waals surface area (Å²) in [6.07, 6.45) is 0.690.